The van der Waals surface area contributed by atoms with Gasteiger partial charge in [0.15, 0.2) is 0 Å². The van der Waals surface area contributed by atoms with Gasteiger partial charge in [0.05, 0.1) is 6.10 Å². The number of rotatable bonds is 3. The van der Waals surface area contributed by atoms with Crippen LogP contribution in [0.15, 0.2) is 0 Å². The Morgan fingerprint density at radius 2 is 2.00 bits per heavy atom. The predicted octanol–water partition coefficient (Wildman–Crippen LogP) is -2.08. The van der Waals surface area contributed by atoms with Crippen LogP contribution in [0.3, 0.4) is 0 Å². The molecule has 4 atom stereocenters. The first kappa shape index (κ1) is 13.0. The van der Waals surface area contributed by atoms with E-state index in [0.29, 0.717) is 0 Å². The fourth-order valence-electron chi connectivity index (χ4n) is 1.28. The molecule has 5 N–H and O–H groups in total. The largest absolute Gasteiger partial charge is 0.469 e. The highest BCUT2D eigenvalue weighted by atomic mass is 31.2. The van der Waals surface area contributed by atoms with E-state index < -0.39 is 38.5 Å². The Balaban J connectivity index is 2.64. The molecule has 0 saturated carbocycles. The monoisotopic (exact) mass is 244 g/mol. The van der Waals surface area contributed by atoms with E-state index in [1.54, 1.807) is 0 Å². The molecule has 1 unspecified atom stereocenters. The van der Waals surface area contributed by atoms with Crippen LogP contribution in [0, 0.1) is 0 Å². The van der Waals surface area contributed by atoms with Crippen molar-refractivity contribution in [1.82, 2.24) is 0 Å². The predicted molar refractivity (Wildman–Crippen MR) is 45.5 cm³/mol. The third kappa shape index (κ3) is 2.96. The zero-order valence-corrected chi connectivity index (χ0v) is 8.74. The number of hydrogen-bond donors (Lipinski definition) is 5. The minimum absolute atomic E-state index is 0.856. The average molecular weight is 244 g/mol. The van der Waals surface area contributed by atoms with Gasteiger partial charge in [0, 0.05) is 0 Å². The van der Waals surface area contributed by atoms with E-state index in [-0.39, 0.29) is 0 Å². The summed E-state index contributed by atoms with van der Waals surface area (Å²) in [5, 5.41) is 28.1. The van der Waals surface area contributed by atoms with Gasteiger partial charge in [-0.05, 0) is 6.92 Å². The zero-order chi connectivity index (χ0) is 11.9. The molecule has 1 saturated heterocycles. The second-order valence-corrected chi connectivity index (χ2v) is 4.61. The first-order valence-corrected chi connectivity index (χ1v) is 5.65. The van der Waals surface area contributed by atoms with E-state index in [4.69, 9.17) is 14.5 Å². The molecule has 1 rings (SSSR count). The van der Waals surface area contributed by atoms with Gasteiger partial charge in [0.1, 0.15) is 18.8 Å². The van der Waals surface area contributed by atoms with E-state index >= 15 is 0 Å². The molecular weight excluding hydrogens is 231 g/mol. The second kappa shape index (κ2) is 4.08. The molecule has 8 nitrogen and oxygen atoms in total. The first-order chi connectivity index (χ1) is 6.66. The standard InChI is InChI=1S/C6H13O8P/c1-3-4(7)5(8)6(9,14-3)2-13-15(10,11)12/h3-5,7-9H,2H2,1H3,(H2,10,11,12)/t3-,4+,5+,6?/m0/s1. The highest BCUT2D eigenvalue weighted by molar-refractivity contribution is 7.46. The van der Waals surface area contributed by atoms with Crippen LogP contribution >= 0.6 is 7.82 Å². The number of aliphatic hydroxyl groups excluding tert-OH is 2. The van der Waals surface area contributed by atoms with Crippen LogP contribution in [-0.2, 0) is 13.8 Å². The SMILES string of the molecule is C[C@@H]1OC(O)(COP(=O)(O)O)[C@H](O)[C@@H]1O. The fraction of sp³-hybridized carbons (Fsp3) is 1.00. The quantitative estimate of drug-likeness (QED) is 0.357. The van der Waals surface area contributed by atoms with Crippen LogP contribution in [0.2, 0.25) is 0 Å². The van der Waals surface area contributed by atoms with Crippen LogP contribution in [0.4, 0.5) is 0 Å². The van der Waals surface area contributed by atoms with Gasteiger partial charge < -0.3 is 29.8 Å². The molecule has 0 aromatic carbocycles. The maximum Gasteiger partial charge on any atom is 0.469 e. The van der Waals surface area contributed by atoms with Crippen molar-refractivity contribution in [3.63, 3.8) is 0 Å². The molecule has 0 aromatic rings. The molecule has 15 heavy (non-hydrogen) atoms. The van der Waals surface area contributed by atoms with E-state index in [1.165, 1.54) is 6.92 Å². The molecule has 0 aromatic heterocycles. The maximum atomic E-state index is 10.4. The Morgan fingerprint density at radius 3 is 2.33 bits per heavy atom. The van der Waals surface area contributed by atoms with Crippen molar-refractivity contribution >= 4 is 7.82 Å². The molecule has 1 aliphatic heterocycles. The third-order valence-electron chi connectivity index (χ3n) is 2.10. The molecule has 0 bridgehead atoms. The Hall–Kier alpha value is -0.0500. The van der Waals surface area contributed by atoms with Crippen molar-refractivity contribution in [3.8, 4) is 0 Å². The van der Waals surface area contributed by atoms with Crippen molar-refractivity contribution in [2.24, 2.45) is 0 Å². The lowest BCUT2D eigenvalue weighted by Gasteiger charge is -2.25. The van der Waals surface area contributed by atoms with E-state index in [2.05, 4.69) is 4.52 Å². The summed E-state index contributed by atoms with van der Waals surface area (Å²) in [4.78, 5) is 16.8. The summed E-state index contributed by atoms with van der Waals surface area (Å²) in [6.07, 6.45) is -3.88. The Kier molecular flexibility index (Phi) is 3.54. The molecule has 90 valence electrons. The number of phosphoric acid groups is 1. The van der Waals surface area contributed by atoms with Gasteiger partial charge in [-0.1, -0.05) is 0 Å². The van der Waals surface area contributed by atoms with Crippen molar-refractivity contribution in [1.29, 1.82) is 0 Å². The topological polar surface area (TPSA) is 137 Å². The molecule has 0 spiro atoms. The van der Waals surface area contributed by atoms with Gasteiger partial charge in [0.25, 0.3) is 0 Å². The Bertz CT molecular complexity index is 276. The molecule has 1 fully saturated rings. The number of ether oxygens (including phenoxy) is 1. The van der Waals surface area contributed by atoms with Gasteiger partial charge in [-0.3, -0.25) is 4.52 Å². The summed E-state index contributed by atoms with van der Waals surface area (Å²) in [7, 11) is -4.76. The highest BCUT2D eigenvalue weighted by Crippen LogP contribution is 2.39. The van der Waals surface area contributed by atoms with Crippen LogP contribution in [0.5, 0.6) is 0 Å². The molecular formula is C6H13O8P. The number of hydrogen-bond acceptors (Lipinski definition) is 6. The minimum atomic E-state index is -4.76. The normalized spacial score (nSPS) is 42.1. The molecule has 0 aliphatic carbocycles. The Morgan fingerprint density at radius 1 is 1.47 bits per heavy atom. The smallest absolute Gasteiger partial charge is 0.387 e. The summed E-state index contributed by atoms with van der Waals surface area (Å²) in [5.74, 6) is -2.31. The third-order valence-corrected chi connectivity index (χ3v) is 2.56. The maximum absolute atomic E-state index is 10.4. The lowest BCUT2D eigenvalue weighted by atomic mass is 10.1. The van der Waals surface area contributed by atoms with Crippen LogP contribution < -0.4 is 0 Å². The molecule has 1 aliphatic rings. The lowest BCUT2D eigenvalue weighted by Crippen LogP contribution is -2.46. The molecule has 9 heteroatoms. The van der Waals surface area contributed by atoms with Crippen LogP contribution in [0.25, 0.3) is 0 Å². The highest BCUT2D eigenvalue weighted by Gasteiger charge is 2.52. The van der Waals surface area contributed by atoms with Crippen molar-refractivity contribution in [3.05, 3.63) is 0 Å². The van der Waals surface area contributed by atoms with Gasteiger partial charge in [-0.2, -0.15) is 0 Å². The van der Waals surface area contributed by atoms with Crippen molar-refractivity contribution < 1.29 is 38.9 Å². The summed E-state index contributed by atoms with van der Waals surface area (Å²) in [6, 6.07) is 0. The van der Waals surface area contributed by atoms with Gasteiger partial charge in [0.2, 0.25) is 5.79 Å². The van der Waals surface area contributed by atoms with E-state index in [9.17, 15) is 19.9 Å². The number of aliphatic hydroxyl groups is 3. The summed E-state index contributed by atoms with van der Waals surface area (Å²) in [5.41, 5.74) is 0. The van der Waals surface area contributed by atoms with E-state index in [0.717, 1.165) is 0 Å². The van der Waals surface area contributed by atoms with Crippen molar-refractivity contribution in [2.45, 2.75) is 31.0 Å². The summed E-state index contributed by atoms with van der Waals surface area (Å²) >= 11 is 0. The lowest BCUT2D eigenvalue weighted by molar-refractivity contribution is -0.241. The van der Waals surface area contributed by atoms with Gasteiger partial charge in [-0.15, -0.1) is 0 Å². The zero-order valence-electron chi connectivity index (χ0n) is 7.85. The first-order valence-electron chi connectivity index (χ1n) is 4.12. The van der Waals surface area contributed by atoms with Gasteiger partial charge >= 0.3 is 7.82 Å². The molecule has 0 amide bonds. The van der Waals surface area contributed by atoms with Gasteiger partial charge in [-0.25, -0.2) is 4.57 Å². The number of phosphoric ester groups is 1. The average Bonchev–Trinajstić information content (AvgIpc) is 2.27. The van der Waals surface area contributed by atoms with E-state index in [1.807, 2.05) is 0 Å². The second-order valence-electron chi connectivity index (χ2n) is 3.37. The van der Waals surface area contributed by atoms with Crippen molar-refractivity contribution in [2.75, 3.05) is 6.61 Å². The Labute approximate surface area is 85.3 Å². The summed E-state index contributed by atoms with van der Waals surface area (Å²) < 4.78 is 19.1. The molecule has 0 radical (unpaired) electrons. The summed E-state index contributed by atoms with van der Waals surface area (Å²) in [6.45, 7) is 0.461. The van der Waals surface area contributed by atoms with Crippen LogP contribution in [-0.4, -0.2) is 55.8 Å². The minimum Gasteiger partial charge on any atom is -0.387 e. The van der Waals surface area contributed by atoms with Crippen LogP contribution in [0.1, 0.15) is 6.92 Å². The fourth-order valence-corrected chi connectivity index (χ4v) is 1.63. The molecule has 1 heterocycles.